The molecule has 0 aromatic carbocycles. The van der Waals surface area contributed by atoms with Gasteiger partial charge in [-0.3, -0.25) is 0 Å². The van der Waals surface area contributed by atoms with Crippen molar-refractivity contribution in [1.82, 2.24) is 0 Å². The van der Waals surface area contributed by atoms with Crippen LogP contribution in [0.1, 0.15) is 59.8 Å². The maximum atomic E-state index is 6.29. The van der Waals surface area contributed by atoms with Gasteiger partial charge in [-0.05, 0) is 32.6 Å². The van der Waals surface area contributed by atoms with E-state index in [0.717, 1.165) is 0 Å². The molecular weight excluding hydrogens is 236 g/mol. The first kappa shape index (κ1) is 15.1. The van der Waals surface area contributed by atoms with Crippen molar-refractivity contribution >= 4 is 0 Å². The standard InChI is InChI=1S/C17H30O2/c1-6-12(2)15-13(3)16(19-17(4,5)18-15)14-10-8-7-9-11-14/h6,12-16H,1,7-11H2,2-5H3/t12-,13-,15-,16-/m0/s1. The lowest BCUT2D eigenvalue weighted by atomic mass is 9.76. The van der Waals surface area contributed by atoms with Crippen molar-refractivity contribution in [2.75, 3.05) is 0 Å². The summed E-state index contributed by atoms with van der Waals surface area (Å²) in [5.41, 5.74) is 0. The average Bonchev–Trinajstić information content (AvgIpc) is 2.41. The van der Waals surface area contributed by atoms with Crippen LogP contribution >= 0.6 is 0 Å². The Labute approximate surface area is 118 Å². The van der Waals surface area contributed by atoms with Crippen LogP contribution in [0.15, 0.2) is 12.7 Å². The van der Waals surface area contributed by atoms with E-state index in [1.165, 1.54) is 32.1 Å². The molecule has 2 nitrogen and oxygen atoms in total. The fraction of sp³-hybridized carbons (Fsp3) is 0.882. The van der Waals surface area contributed by atoms with E-state index in [1.807, 2.05) is 6.08 Å². The lowest BCUT2D eigenvalue weighted by molar-refractivity contribution is -0.334. The summed E-state index contributed by atoms with van der Waals surface area (Å²) >= 11 is 0. The minimum absolute atomic E-state index is 0.230. The van der Waals surface area contributed by atoms with Crippen LogP contribution in [0.5, 0.6) is 0 Å². The lowest BCUT2D eigenvalue weighted by Crippen LogP contribution is -2.54. The third-order valence-corrected chi connectivity index (χ3v) is 4.88. The molecule has 1 aliphatic carbocycles. The molecule has 110 valence electrons. The Morgan fingerprint density at radius 3 is 2.37 bits per heavy atom. The van der Waals surface area contributed by atoms with Gasteiger partial charge in [-0.25, -0.2) is 0 Å². The summed E-state index contributed by atoms with van der Waals surface area (Å²) in [5.74, 6) is 1.08. The zero-order valence-electron chi connectivity index (χ0n) is 13.0. The van der Waals surface area contributed by atoms with E-state index >= 15 is 0 Å². The molecule has 1 saturated carbocycles. The molecular formula is C17H30O2. The van der Waals surface area contributed by atoms with Crippen LogP contribution < -0.4 is 0 Å². The zero-order valence-corrected chi connectivity index (χ0v) is 13.0. The van der Waals surface area contributed by atoms with E-state index in [2.05, 4.69) is 34.3 Å². The van der Waals surface area contributed by atoms with Crippen LogP contribution in [-0.2, 0) is 9.47 Å². The maximum Gasteiger partial charge on any atom is 0.163 e. The molecule has 0 aromatic heterocycles. The highest BCUT2D eigenvalue weighted by Crippen LogP contribution is 2.41. The fourth-order valence-electron chi connectivity index (χ4n) is 3.79. The average molecular weight is 266 g/mol. The molecule has 1 saturated heterocycles. The molecule has 0 unspecified atom stereocenters. The summed E-state index contributed by atoms with van der Waals surface area (Å²) in [6.07, 6.45) is 9.34. The second-order valence-electron chi connectivity index (χ2n) is 6.92. The van der Waals surface area contributed by atoms with Crippen LogP contribution in [0, 0.1) is 17.8 Å². The van der Waals surface area contributed by atoms with Gasteiger partial charge in [-0.2, -0.15) is 0 Å². The second-order valence-corrected chi connectivity index (χ2v) is 6.92. The third-order valence-electron chi connectivity index (χ3n) is 4.88. The summed E-state index contributed by atoms with van der Waals surface area (Å²) in [5, 5.41) is 0. The molecule has 0 aromatic rings. The maximum absolute atomic E-state index is 6.29. The zero-order chi connectivity index (χ0) is 14.0. The third kappa shape index (κ3) is 3.41. The van der Waals surface area contributed by atoms with Crippen molar-refractivity contribution in [2.45, 2.75) is 77.8 Å². The van der Waals surface area contributed by atoms with Crippen LogP contribution in [0.4, 0.5) is 0 Å². The smallest absolute Gasteiger partial charge is 0.163 e. The van der Waals surface area contributed by atoms with E-state index < -0.39 is 5.79 Å². The Balaban J connectivity index is 2.14. The first-order valence-corrected chi connectivity index (χ1v) is 7.93. The molecule has 0 spiro atoms. The first-order chi connectivity index (χ1) is 8.94. The molecule has 2 fully saturated rings. The summed E-state index contributed by atoms with van der Waals surface area (Å²) in [4.78, 5) is 0. The molecule has 2 rings (SSSR count). The highest BCUT2D eigenvalue weighted by atomic mass is 16.7. The minimum Gasteiger partial charge on any atom is -0.347 e. The SMILES string of the molecule is C=C[C@H](C)[C@@H]1OC(C)(C)O[C@H](C2CCCCC2)[C@H]1C. The Morgan fingerprint density at radius 2 is 1.79 bits per heavy atom. The van der Waals surface area contributed by atoms with Crippen molar-refractivity contribution < 1.29 is 9.47 Å². The summed E-state index contributed by atoms with van der Waals surface area (Å²) in [6.45, 7) is 12.5. The van der Waals surface area contributed by atoms with E-state index in [0.29, 0.717) is 23.9 Å². The first-order valence-electron chi connectivity index (χ1n) is 7.93. The molecule has 1 heterocycles. The summed E-state index contributed by atoms with van der Waals surface area (Å²) in [7, 11) is 0. The van der Waals surface area contributed by atoms with E-state index in [4.69, 9.17) is 9.47 Å². The Bertz CT molecular complexity index is 304. The molecule has 0 radical (unpaired) electrons. The van der Waals surface area contributed by atoms with Gasteiger partial charge < -0.3 is 9.47 Å². The van der Waals surface area contributed by atoms with Crippen molar-refractivity contribution in [2.24, 2.45) is 17.8 Å². The topological polar surface area (TPSA) is 18.5 Å². The van der Waals surface area contributed by atoms with Crippen molar-refractivity contribution in [3.05, 3.63) is 12.7 Å². The molecule has 2 heteroatoms. The van der Waals surface area contributed by atoms with Gasteiger partial charge in [0.05, 0.1) is 12.2 Å². The number of ether oxygens (including phenoxy) is 2. The van der Waals surface area contributed by atoms with Gasteiger partial charge in [-0.1, -0.05) is 39.2 Å². The van der Waals surface area contributed by atoms with Crippen LogP contribution in [0.25, 0.3) is 0 Å². The monoisotopic (exact) mass is 266 g/mol. The normalized spacial score (nSPS) is 37.8. The minimum atomic E-state index is -0.462. The van der Waals surface area contributed by atoms with Crippen LogP contribution in [0.3, 0.4) is 0 Å². The molecule has 4 atom stereocenters. The van der Waals surface area contributed by atoms with Gasteiger partial charge >= 0.3 is 0 Å². The van der Waals surface area contributed by atoms with Gasteiger partial charge in [0.15, 0.2) is 5.79 Å². The predicted octanol–water partition coefficient (Wildman–Crippen LogP) is 4.55. The summed E-state index contributed by atoms with van der Waals surface area (Å²) in [6, 6.07) is 0. The number of rotatable bonds is 3. The molecule has 2 aliphatic rings. The Morgan fingerprint density at radius 1 is 1.16 bits per heavy atom. The molecule has 0 amide bonds. The molecule has 0 N–H and O–H groups in total. The largest absolute Gasteiger partial charge is 0.347 e. The summed E-state index contributed by atoms with van der Waals surface area (Å²) < 4.78 is 12.5. The van der Waals surface area contributed by atoms with E-state index in [1.54, 1.807) is 0 Å². The van der Waals surface area contributed by atoms with Gasteiger partial charge in [0, 0.05) is 11.8 Å². The fourth-order valence-corrected chi connectivity index (χ4v) is 3.79. The van der Waals surface area contributed by atoms with Crippen LogP contribution in [-0.4, -0.2) is 18.0 Å². The number of hydrogen-bond acceptors (Lipinski definition) is 2. The second kappa shape index (κ2) is 5.97. The highest BCUT2D eigenvalue weighted by molar-refractivity contribution is 4.94. The van der Waals surface area contributed by atoms with Crippen molar-refractivity contribution in [3.63, 3.8) is 0 Å². The molecule has 0 bridgehead atoms. The molecule has 19 heavy (non-hydrogen) atoms. The molecule has 1 aliphatic heterocycles. The van der Waals surface area contributed by atoms with Gasteiger partial charge in [0.2, 0.25) is 0 Å². The quantitative estimate of drug-likeness (QED) is 0.698. The Hall–Kier alpha value is -0.340. The van der Waals surface area contributed by atoms with Gasteiger partial charge in [0.25, 0.3) is 0 Å². The Kier molecular flexibility index (Phi) is 4.73. The predicted molar refractivity (Wildman–Crippen MR) is 78.9 cm³/mol. The lowest BCUT2D eigenvalue weighted by Gasteiger charge is -2.49. The highest BCUT2D eigenvalue weighted by Gasteiger charge is 2.45. The van der Waals surface area contributed by atoms with Gasteiger partial charge in [-0.15, -0.1) is 6.58 Å². The van der Waals surface area contributed by atoms with Crippen LogP contribution in [0.2, 0.25) is 0 Å². The van der Waals surface area contributed by atoms with Gasteiger partial charge in [0.1, 0.15) is 0 Å². The van der Waals surface area contributed by atoms with Crippen molar-refractivity contribution in [1.29, 1.82) is 0 Å². The number of hydrogen-bond donors (Lipinski definition) is 0. The van der Waals surface area contributed by atoms with E-state index in [-0.39, 0.29) is 6.10 Å². The van der Waals surface area contributed by atoms with Crippen molar-refractivity contribution in [3.8, 4) is 0 Å². The van der Waals surface area contributed by atoms with E-state index in [9.17, 15) is 0 Å².